The van der Waals surface area contributed by atoms with Crippen LogP contribution in [-0.2, 0) is 11.8 Å². The van der Waals surface area contributed by atoms with Gasteiger partial charge in [-0.15, -0.1) is 0 Å². The van der Waals surface area contributed by atoms with E-state index in [1.165, 1.54) is 11.3 Å². The highest BCUT2D eigenvalue weighted by atomic mass is 32.1. The number of allylic oxidation sites excluding steroid dienone is 2. The largest absolute Gasteiger partial charge is 0.333 e. The first kappa shape index (κ1) is 16.7. The van der Waals surface area contributed by atoms with E-state index in [1.807, 2.05) is 48.1 Å². The van der Waals surface area contributed by atoms with Crippen LogP contribution in [0.1, 0.15) is 19.3 Å². The van der Waals surface area contributed by atoms with Gasteiger partial charge in [0, 0.05) is 31.4 Å². The molecule has 0 spiro atoms. The highest BCUT2D eigenvalue weighted by Gasteiger charge is 2.20. The Kier molecular flexibility index (Phi) is 4.67. The predicted molar refractivity (Wildman–Crippen MR) is 105 cm³/mol. The lowest BCUT2D eigenvalue weighted by atomic mass is 10.1. The third-order valence-corrected chi connectivity index (χ3v) is 5.47. The Balaban J connectivity index is 1.64. The molecule has 1 amide bonds. The summed E-state index contributed by atoms with van der Waals surface area (Å²) >= 11 is 1.47. The molecule has 4 rings (SSSR count). The van der Waals surface area contributed by atoms with Gasteiger partial charge < -0.3 is 9.88 Å². The van der Waals surface area contributed by atoms with Crippen LogP contribution in [0.4, 0.5) is 5.13 Å². The quantitative estimate of drug-likeness (QED) is 0.678. The molecule has 1 aliphatic carbocycles. The second-order valence-corrected chi connectivity index (χ2v) is 7.44. The average molecular weight is 364 g/mol. The molecule has 132 valence electrons. The van der Waals surface area contributed by atoms with E-state index in [4.69, 9.17) is 4.98 Å². The molecule has 0 fully saturated rings. The van der Waals surface area contributed by atoms with Gasteiger partial charge in [0.1, 0.15) is 0 Å². The number of rotatable bonds is 5. The van der Waals surface area contributed by atoms with Gasteiger partial charge in [-0.3, -0.25) is 4.79 Å². The summed E-state index contributed by atoms with van der Waals surface area (Å²) in [5.74, 6) is 1.21. The summed E-state index contributed by atoms with van der Waals surface area (Å²) in [5, 5.41) is 3.60. The summed E-state index contributed by atoms with van der Waals surface area (Å²) in [4.78, 5) is 22.5. The number of benzene rings is 1. The van der Waals surface area contributed by atoms with E-state index in [1.54, 1.807) is 6.20 Å². The molecule has 2 aromatic heterocycles. The van der Waals surface area contributed by atoms with Gasteiger partial charge in [-0.25, -0.2) is 9.97 Å². The molecule has 5 nitrogen and oxygen atoms in total. The van der Waals surface area contributed by atoms with Crippen molar-refractivity contribution < 1.29 is 4.79 Å². The number of aryl methyl sites for hydroxylation is 1. The SMILES string of the molecule is Cn1ccnc1-c1sc(NC(=O)CC2C=CCC2)nc1-c1ccccc1. The van der Waals surface area contributed by atoms with Gasteiger partial charge in [-0.2, -0.15) is 0 Å². The maximum absolute atomic E-state index is 12.4. The summed E-state index contributed by atoms with van der Waals surface area (Å²) < 4.78 is 1.97. The van der Waals surface area contributed by atoms with E-state index in [2.05, 4.69) is 22.5 Å². The summed E-state index contributed by atoms with van der Waals surface area (Å²) in [6.07, 6.45) is 10.6. The molecule has 0 radical (unpaired) electrons. The number of aromatic nitrogens is 3. The number of anilines is 1. The van der Waals surface area contributed by atoms with Crippen LogP contribution in [0.15, 0.2) is 54.9 Å². The first-order chi connectivity index (χ1) is 12.7. The summed E-state index contributed by atoms with van der Waals surface area (Å²) in [6.45, 7) is 0. The fourth-order valence-corrected chi connectivity index (χ4v) is 4.22. The van der Waals surface area contributed by atoms with E-state index in [-0.39, 0.29) is 5.91 Å². The van der Waals surface area contributed by atoms with Crippen LogP contribution < -0.4 is 5.32 Å². The fraction of sp³-hybridized carbons (Fsp3) is 0.250. The van der Waals surface area contributed by atoms with Gasteiger partial charge in [0.15, 0.2) is 11.0 Å². The van der Waals surface area contributed by atoms with Crippen LogP contribution >= 0.6 is 11.3 Å². The smallest absolute Gasteiger partial charge is 0.226 e. The van der Waals surface area contributed by atoms with Gasteiger partial charge in [0.05, 0.1) is 10.6 Å². The Bertz CT molecular complexity index is 942. The molecule has 1 N–H and O–H groups in total. The first-order valence-corrected chi connectivity index (χ1v) is 9.53. The number of imidazole rings is 1. The van der Waals surface area contributed by atoms with Crippen LogP contribution in [0, 0.1) is 5.92 Å². The lowest BCUT2D eigenvalue weighted by molar-refractivity contribution is -0.116. The van der Waals surface area contributed by atoms with E-state index >= 15 is 0 Å². The Morgan fingerprint density at radius 3 is 2.88 bits per heavy atom. The monoisotopic (exact) mass is 364 g/mol. The molecule has 3 aromatic rings. The zero-order valence-electron chi connectivity index (χ0n) is 14.6. The number of nitrogens with one attached hydrogen (secondary N) is 1. The molecule has 1 aliphatic rings. The second-order valence-electron chi connectivity index (χ2n) is 6.44. The van der Waals surface area contributed by atoms with Crippen LogP contribution in [0.3, 0.4) is 0 Å². The highest BCUT2D eigenvalue weighted by molar-refractivity contribution is 7.19. The van der Waals surface area contributed by atoms with Crippen LogP contribution in [0.5, 0.6) is 0 Å². The third-order valence-electron chi connectivity index (χ3n) is 4.50. The van der Waals surface area contributed by atoms with Gasteiger partial charge in [-0.1, -0.05) is 53.8 Å². The van der Waals surface area contributed by atoms with Gasteiger partial charge in [0.2, 0.25) is 5.91 Å². The molecule has 0 saturated carbocycles. The number of hydrogen-bond donors (Lipinski definition) is 1. The fourth-order valence-electron chi connectivity index (χ4n) is 3.17. The minimum atomic E-state index is 0.0151. The van der Waals surface area contributed by atoms with E-state index in [0.717, 1.165) is 34.8 Å². The molecule has 0 aliphatic heterocycles. The number of hydrogen-bond acceptors (Lipinski definition) is 4. The number of amides is 1. The summed E-state index contributed by atoms with van der Waals surface area (Å²) in [7, 11) is 1.96. The zero-order valence-corrected chi connectivity index (χ0v) is 15.4. The molecule has 26 heavy (non-hydrogen) atoms. The molecule has 1 unspecified atom stereocenters. The third kappa shape index (κ3) is 3.46. The number of nitrogens with zero attached hydrogens (tertiary/aromatic N) is 3. The number of thiazole rings is 1. The molecule has 0 bridgehead atoms. The van der Waals surface area contributed by atoms with Crippen molar-refractivity contribution in [3.63, 3.8) is 0 Å². The summed E-state index contributed by atoms with van der Waals surface area (Å²) in [6, 6.07) is 10.0. The molecular formula is C20H20N4OS. The number of carbonyl (C=O) groups is 1. The maximum atomic E-state index is 12.4. The van der Waals surface area contributed by atoms with Crippen molar-refractivity contribution in [1.29, 1.82) is 0 Å². The topological polar surface area (TPSA) is 59.8 Å². The van der Waals surface area contributed by atoms with Crippen LogP contribution in [0.25, 0.3) is 22.0 Å². The minimum Gasteiger partial charge on any atom is -0.333 e. The first-order valence-electron chi connectivity index (χ1n) is 8.71. The van der Waals surface area contributed by atoms with Crippen molar-refractivity contribution in [2.24, 2.45) is 13.0 Å². The summed E-state index contributed by atoms with van der Waals surface area (Å²) in [5.41, 5.74) is 1.86. The van der Waals surface area contributed by atoms with Crippen molar-refractivity contribution in [3.05, 3.63) is 54.9 Å². The van der Waals surface area contributed by atoms with Crippen molar-refractivity contribution in [2.75, 3.05) is 5.32 Å². The van der Waals surface area contributed by atoms with Crippen LogP contribution in [-0.4, -0.2) is 20.4 Å². The van der Waals surface area contributed by atoms with Crippen LogP contribution in [0.2, 0.25) is 0 Å². The zero-order chi connectivity index (χ0) is 17.9. The molecule has 1 atom stereocenters. The van der Waals surface area contributed by atoms with E-state index < -0.39 is 0 Å². The lowest BCUT2D eigenvalue weighted by Gasteiger charge is -2.06. The minimum absolute atomic E-state index is 0.0151. The lowest BCUT2D eigenvalue weighted by Crippen LogP contribution is -2.14. The molecule has 1 aromatic carbocycles. The standard InChI is InChI=1S/C20H20N4OS/c1-24-12-11-21-19(24)18-17(15-9-3-2-4-10-15)23-20(26-18)22-16(25)13-14-7-5-6-8-14/h2-5,7,9-12,14H,6,8,13H2,1H3,(H,22,23,25). The second kappa shape index (κ2) is 7.25. The van der Waals surface area contributed by atoms with Gasteiger partial charge >= 0.3 is 0 Å². The van der Waals surface area contributed by atoms with Gasteiger partial charge in [0.25, 0.3) is 0 Å². The van der Waals surface area contributed by atoms with Crippen molar-refractivity contribution in [1.82, 2.24) is 14.5 Å². The molecular weight excluding hydrogens is 344 g/mol. The molecule has 2 heterocycles. The Labute approximate surface area is 156 Å². The number of carbonyl (C=O) groups excluding carboxylic acids is 1. The van der Waals surface area contributed by atoms with Crippen molar-refractivity contribution in [3.8, 4) is 22.0 Å². The highest BCUT2D eigenvalue weighted by Crippen LogP contribution is 2.38. The molecule has 0 saturated heterocycles. The van der Waals surface area contributed by atoms with Gasteiger partial charge in [-0.05, 0) is 18.8 Å². The van der Waals surface area contributed by atoms with E-state index in [0.29, 0.717) is 17.5 Å². The average Bonchev–Trinajstić information content (AvgIpc) is 3.37. The molecule has 6 heteroatoms. The maximum Gasteiger partial charge on any atom is 0.226 e. The van der Waals surface area contributed by atoms with Crippen molar-refractivity contribution >= 4 is 22.4 Å². The Morgan fingerprint density at radius 2 is 2.19 bits per heavy atom. The Morgan fingerprint density at radius 1 is 1.35 bits per heavy atom. The van der Waals surface area contributed by atoms with Crippen molar-refractivity contribution in [2.45, 2.75) is 19.3 Å². The normalized spacial score (nSPS) is 16.1. The van der Waals surface area contributed by atoms with E-state index in [9.17, 15) is 4.79 Å². The predicted octanol–water partition coefficient (Wildman–Crippen LogP) is 4.51. The Hall–Kier alpha value is -2.73.